The van der Waals surface area contributed by atoms with Gasteiger partial charge in [-0.1, -0.05) is 18.6 Å². The van der Waals surface area contributed by atoms with Crippen LogP contribution in [-0.2, 0) is 6.42 Å². The Hall–Kier alpha value is -0.450. The number of halogens is 2. The molecule has 2 rings (SSSR count). The lowest BCUT2D eigenvalue weighted by atomic mass is 9.88. The highest BCUT2D eigenvalue weighted by Crippen LogP contribution is 2.28. The summed E-state index contributed by atoms with van der Waals surface area (Å²) in [7, 11) is 0. The molecule has 4 heteroatoms. The molecule has 0 radical (unpaired) electrons. The average molecular weight is 344 g/mol. The summed E-state index contributed by atoms with van der Waals surface area (Å²) in [5.41, 5.74) is 0.536. The van der Waals surface area contributed by atoms with E-state index in [1.54, 1.807) is 6.07 Å². The maximum absolute atomic E-state index is 13.5. The molecule has 0 spiro atoms. The summed E-state index contributed by atoms with van der Waals surface area (Å²) in [6, 6.07) is 4.98. The maximum Gasteiger partial charge on any atom is 0.137 e. The van der Waals surface area contributed by atoms with Gasteiger partial charge in [-0.25, -0.2) is 4.39 Å². The molecule has 1 N–H and O–H groups in total. The number of likely N-dealkylation sites (tertiary alicyclic amines) is 1. The minimum Gasteiger partial charge on any atom is -0.391 e. The number of nitrogens with zero attached hydrogens (tertiary/aromatic N) is 1. The lowest BCUT2D eigenvalue weighted by molar-refractivity contribution is -0.0188. The molecule has 1 heterocycles. The molecule has 0 aliphatic carbocycles. The van der Waals surface area contributed by atoms with E-state index >= 15 is 0 Å². The molecule has 1 saturated heterocycles. The number of aliphatic hydroxyl groups excluding tert-OH is 1. The van der Waals surface area contributed by atoms with Gasteiger partial charge in [-0.05, 0) is 67.3 Å². The van der Waals surface area contributed by atoms with Crippen LogP contribution in [-0.4, -0.2) is 34.7 Å². The summed E-state index contributed by atoms with van der Waals surface area (Å²) < 4.78 is 14.0. The third-order valence-corrected chi connectivity index (χ3v) is 5.32. The Morgan fingerprint density at radius 1 is 1.30 bits per heavy atom. The van der Waals surface area contributed by atoms with Crippen LogP contribution in [0, 0.1) is 5.82 Å². The van der Waals surface area contributed by atoms with Crippen LogP contribution in [0.5, 0.6) is 0 Å². The number of rotatable bonds is 4. The fourth-order valence-corrected chi connectivity index (χ4v) is 3.27. The predicted molar refractivity (Wildman–Crippen MR) is 83.3 cm³/mol. The van der Waals surface area contributed by atoms with Gasteiger partial charge in [0.1, 0.15) is 5.82 Å². The van der Waals surface area contributed by atoms with Crippen molar-refractivity contribution in [2.75, 3.05) is 13.1 Å². The van der Waals surface area contributed by atoms with Gasteiger partial charge in [-0.3, -0.25) is 4.90 Å². The second-order valence-electron chi connectivity index (χ2n) is 6.13. The van der Waals surface area contributed by atoms with Crippen LogP contribution in [0.1, 0.15) is 38.7 Å². The zero-order chi connectivity index (χ0) is 14.8. The van der Waals surface area contributed by atoms with E-state index in [0.29, 0.717) is 10.9 Å². The third-order valence-electron chi connectivity index (χ3n) is 4.43. The fourth-order valence-electron chi connectivity index (χ4n) is 2.85. The average Bonchev–Trinajstić information content (AvgIpc) is 2.44. The smallest absolute Gasteiger partial charge is 0.137 e. The molecule has 0 saturated carbocycles. The minimum atomic E-state index is -0.515. The summed E-state index contributed by atoms with van der Waals surface area (Å²) in [6.07, 6.45) is 3.61. The highest BCUT2D eigenvalue weighted by Gasteiger charge is 2.35. The molecule has 0 amide bonds. The first-order chi connectivity index (χ1) is 9.43. The van der Waals surface area contributed by atoms with Crippen molar-refractivity contribution in [2.45, 2.75) is 51.2 Å². The van der Waals surface area contributed by atoms with Crippen LogP contribution < -0.4 is 0 Å². The van der Waals surface area contributed by atoms with Crippen molar-refractivity contribution in [3.63, 3.8) is 0 Å². The Morgan fingerprint density at radius 3 is 2.60 bits per heavy atom. The van der Waals surface area contributed by atoms with Crippen molar-refractivity contribution in [1.82, 2.24) is 4.90 Å². The predicted octanol–water partition coefficient (Wildman–Crippen LogP) is 3.76. The number of piperidine rings is 1. The van der Waals surface area contributed by atoms with E-state index in [9.17, 15) is 9.50 Å². The number of benzene rings is 1. The second-order valence-corrected chi connectivity index (χ2v) is 6.93. The molecule has 1 unspecified atom stereocenters. The maximum atomic E-state index is 13.5. The van der Waals surface area contributed by atoms with E-state index in [1.165, 1.54) is 25.3 Å². The standard InChI is InChI=1S/C16H23BrFNO/c1-16(2,19-9-4-3-5-10-19)14(20)11-12-7-6-8-13(18)15(12)17/h6-8,14,20H,3-5,9-11H2,1-2H3. The monoisotopic (exact) mass is 343 g/mol. The van der Waals surface area contributed by atoms with E-state index in [1.807, 2.05) is 6.07 Å². The Balaban J connectivity index is 2.09. The van der Waals surface area contributed by atoms with Crippen molar-refractivity contribution in [3.8, 4) is 0 Å². The van der Waals surface area contributed by atoms with Gasteiger partial charge in [0.15, 0.2) is 0 Å². The Kier molecular flexibility index (Phi) is 5.21. The van der Waals surface area contributed by atoms with Crippen molar-refractivity contribution < 1.29 is 9.50 Å². The van der Waals surface area contributed by atoms with Crippen LogP contribution in [0.15, 0.2) is 22.7 Å². The minimum absolute atomic E-state index is 0.273. The summed E-state index contributed by atoms with van der Waals surface area (Å²) in [6.45, 7) is 6.23. The van der Waals surface area contributed by atoms with Gasteiger partial charge < -0.3 is 5.11 Å². The quantitative estimate of drug-likeness (QED) is 0.899. The van der Waals surface area contributed by atoms with Crippen LogP contribution in [0.25, 0.3) is 0 Å². The number of aliphatic hydroxyl groups is 1. The number of hydrogen-bond donors (Lipinski definition) is 1. The molecule has 1 aliphatic rings. The summed E-state index contributed by atoms with van der Waals surface area (Å²) in [5.74, 6) is -0.273. The van der Waals surface area contributed by atoms with Gasteiger partial charge in [0.25, 0.3) is 0 Å². The van der Waals surface area contributed by atoms with E-state index in [4.69, 9.17) is 0 Å². The first kappa shape index (κ1) is 15.9. The first-order valence-electron chi connectivity index (χ1n) is 7.29. The summed E-state index contributed by atoms with van der Waals surface area (Å²) in [5, 5.41) is 10.6. The van der Waals surface area contributed by atoms with Crippen LogP contribution in [0.4, 0.5) is 4.39 Å². The van der Waals surface area contributed by atoms with Gasteiger partial charge in [0.2, 0.25) is 0 Å². The van der Waals surface area contributed by atoms with E-state index in [-0.39, 0.29) is 11.4 Å². The Labute approximate surface area is 129 Å². The van der Waals surface area contributed by atoms with Gasteiger partial charge in [0, 0.05) is 12.0 Å². The largest absolute Gasteiger partial charge is 0.391 e. The van der Waals surface area contributed by atoms with E-state index < -0.39 is 6.10 Å². The van der Waals surface area contributed by atoms with Crippen molar-refractivity contribution >= 4 is 15.9 Å². The van der Waals surface area contributed by atoms with Crippen molar-refractivity contribution in [3.05, 3.63) is 34.1 Å². The van der Waals surface area contributed by atoms with Gasteiger partial charge >= 0.3 is 0 Å². The zero-order valence-corrected chi connectivity index (χ0v) is 13.8. The first-order valence-corrected chi connectivity index (χ1v) is 8.08. The topological polar surface area (TPSA) is 23.5 Å². The molecule has 0 aromatic heterocycles. The molecule has 1 fully saturated rings. The molecule has 2 nitrogen and oxygen atoms in total. The van der Waals surface area contributed by atoms with Gasteiger partial charge in [0.05, 0.1) is 10.6 Å². The van der Waals surface area contributed by atoms with Crippen molar-refractivity contribution in [1.29, 1.82) is 0 Å². The van der Waals surface area contributed by atoms with Crippen molar-refractivity contribution in [2.24, 2.45) is 0 Å². The molecule has 0 bridgehead atoms. The molecular formula is C16H23BrFNO. The summed E-state index contributed by atoms with van der Waals surface area (Å²) >= 11 is 3.27. The highest BCUT2D eigenvalue weighted by atomic mass is 79.9. The molecule has 112 valence electrons. The van der Waals surface area contributed by atoms with Gasteiger partial charge in [-0.2, -0.15) is 0 Å². The molecule has 20 heavy (non-hydrogen) atoms. The number of hydrogen-bond acceptors (Lipinski definition) is 2. The molecule has 1 aromatic rings. The molecular weight excluding hydrogens is 321 g/mol. The van der Waals surface area contributed by atoms with Gasteiger partial charge in [-0.15, -0.1) is 0 Å². The Morgan fingerprint density at radius 2 is 1.95 bits per heavy atom. The zero-order valence-electron chi connectivity index (χ0n) is 12.2. The fraction of sp³-hybridized carbons (Fsp3) is 0.625. The van der Waals surface area contributed by atoms with Crippen LogP contribution in [0.3, 0.4) is 0 Å². The third kappa shape index (κ3) is 3.41. The molecule has 1 aromatic carbocycles. The normalized spacial score (nSPS) is 19.1. The molecule has 1 aliphatic heterocycles. The lowest BCUT2D eigenvalue weighted by Gasteiger charge is -2.44. The van der Waals surface area contributed by atoms with Crippen LogP contribution in [0.2, 0.25) is 0 Å². The second kappa shape index (κ2) is 6.54. The van der Waals surface area contributed by atoms with E-state index in [2.05, 4.69) is 34.7 Å². The molecule has 1 atom stereocenters. The summed E-state index contributed by atoms with van der Waals surface area (Å²) in [4.78, 5) is 2.36. The Bertz CT molecular complexity index is 458. The lowest BCUT2D eigenvalue weighted by Crippen LogP contribution is -2.54. The van der Waals surface area contributed by atoms with E-state index in [0.717, 1.165) is 18.7 Å². The highest BCUT2D eigenvalue weighted by molar-refractivity contribution is 9.10. The van der Waals surface area contributed by atoms with Crippen LogP contribution >= 0.6 is 15.9 Å². The SMILES string of the molecule is CC(C)(C(O)Cc1cccc(F)c1Br)N1CCCCC1.